The number of ether oxygens (including phenoxy) is 1. The summed E-state index contributed by atoms with van der Waals surface area (Å²) in [6.07, 6.45) is 8.48. The van der Waals surface area contributed by atoms with Crippen LogP contribution in [0.4, 0.5) is 0 Å². The maximum atomic E-state index is 13.1. The van der Waals surface area contributed by atoms with Gasteiger partial charge in [0.05, 0.1) is 6.61 Å². The molecule has 0 atom stereocenters. The Morgan fingerprint density at radius 1 is 0.852 bits per heavy atom. The third-order valence-corrected chi connectivity index (χ3v) is 4.65. The van der Waals surface area contributed by atoms with Crippen LogP contribution in [0.25, 0.3) is 22.3 Å². The molecule has 2 aromatic carbocycles. The first-order valence-electron chi connectivity index (χ1n) is 9.68. The second-order valence-electron chi connectivity index (χ2n) is 6.88. The number of hydrogen-bond donors (Lipinski definition) is 0. The molecule has 3 aromatic rings. The van der Waals surface area contributed by atoms with Crippen molar-refractivity contribution in [2.24, 2.45) is 7.05 Å². The van der Waals surface area contributed by atoms with E-state index in [1.54, 1.807) is 0 Å². The van der Waals surface area contributed by atoms with Crippen LogP contribution in [0.5, 0.6) is 5.75 Å². The Kier molecular flexibility index (Phi) is 6.48. The largest absolute Gasteiger partial charge is 0.494 e. The summed E-state index contributed by atoms with van der Waals surface area (Å²) in [6, 6.07) is 17.6. The van der Waals surface area contributed by atoms with Crippen LogP contribution in [0.3, 0.4) is 0 Å². The molecule has 0 amide bonds. The van der Waals surface area contributed by atoms with Crippen molar-refractivity contribution in [2.75, 3.05) is 6.61 Å². The number of aryl methyl sites for hydroxylation is 1. The number of hydrogen-bond acceptors (Lipinski definition) is 2. The van der Waals surface area contributed by atoms with Crippen LogP contribution in [0.2, 0.25) is 0 Å². The molecule has 0 aliphatic rings. The van der Waals surface area contributed by atoms with E-state index in [0.717, 1.165) is 23.3 Å². The zero-order valence-corrected chi connectivity index (χ0v) is 16.2. The van der Waals surface area contributed by atoms with Crippen LogP contribution < -0.4 is 10.2 Å². The summed E-state index contributed by atoms with van der Waals surface area (Å²) in [5.74, 6) is 0.816. The van der Waals surface area contributed by atoms with Crippen molar-refractivity contribution >= 4 is 0 Å². The van der Waals surface area contributed by atoms with Crippen molar-refractivity contribution < 1.29 is 4.74 Å². The average molecular weight is 361 g/mol. The third-order valence-electron chi connectivity index (χ3n) is 4.65. The SMILES string of the molecule is CCCCCCOc1cccc(-c2cn(C)cc(-c3ccccc3)c2=O)c1. The average Bonchev–Trinajstić information content (AvgIpc) is 2.70. The Morgan fingerprint density at radius 3 is 2.30 bits per heavy atom. The minimum absolute atomic E-state index is 0.0411. The maximum Gasteiger partial charge on any atom is 0.197 e. The summed E-state index contributed by atoms with van der Waals surface area (Å²) >= 11 is 0. The highest BCUT2D eigenvalue weighted by Crippen LogP contribution is 2.24. The molecule has 3 heteroatoms. The van der Waals surface area contributed by atoms with Gasteiger partial charge in [0, 0.05) is 30.6 Å². The van der Waals surface area contributed by atoms with E-state index in [1.807, 2.05) is 78.6 Å². The van der Waals surface area contributed by atoms with Gasteiger partial charge in [-0.2, -0.15) is 0 Å². The van der Waals surface area contributed by atoms with Crippen LogP contribution in [-0.4, -0.2) is 11.2 Å². The van der Waals surface area contributed by atoms with Crippen LogP contribution in [-0.2, 0) is 7.05 Å². The minimum atomic E-state index is 0.0411. The molecule has 0 fully saturated rings. The highest BCUT2D eigenvalue weighted by molar-refractivity contribution is 5.72. The predicted molar refractivity (Wildman–Crippen MR) is 112 cm³/mol. The Hall–Kier alpha value is -2.81. The van der Waals surface area contributed by atoms with Gasteiger partial charge in [0.25, 0.3) is 0 Å². The van der Waals surface area contributed by atoms with Gasteiger partial charge in [-0.25, -0.2) is 0 Å². The molecule has 0 N–H and O–H groups in total. The Bertz CT molecular complexity index is 929. The summed E-state index contributed by atoms with van der Waals surface area (Å²) in [4.78, 5) is 13.1. The van der Waals surface area contributed by atoms with E-state index >= 15 is 0 Å². The van der Waals surface area contributed by atoms with E-state index in [0.29, 0.717) is 17.7 Å². The molecule has 1 heterocycles. The molecular weight excluding hydrogens is 334 g/mol. The quantitative estimate of drug-likeness (QED) is 0.483. The van der Waals surface area contributed by atoms with Gasteiger partial charge in [-0.1, -0.05) is 68.7 Å². The lowest BCUT2D eigenvalue weighted by Crippen LogP contribution is -2.11. The topological polar surface area (TPSA) is 31.2 Å². The van der Waals surface area contributed by atoms with Crippen molar-refractivity contribution in [1.29, 1.82) is 0 Å². The van der Waals surface area contributed by atoms with Gasteiger partial charge >= 0.3 is 0 Å². The first-order chi connectivity index (χ1) is 13.2. The first kappa shape index (κ1) is 19.0. The number of benzene rings is 2. The van der Waals surface area contributed by atoms with Crippen molar-refractivity contribution in [3.8, 4) is 28.0 Å². The highest BCUT2D eigenvalue weighted by atomic mass is 16.5. The number of nitrogens with zero attached hydrogens (tertiary/aromatic N) is 1. The normalized spacial score (nSPS) is 10.7. The molecule has 0 saturated heterocycles. The fourth-order valence-corrected chi connectivity index (χ4v) is 3.21. The Balaban J connectivity index is 1.87. The summed E-state index contributed by atoms with van der Waals surface area (Å²) < 4.78 is 7.83. The van der Waals surface area contributed by atoms with Crippen LogP contribution in [0.1, 0.15) is 32.6 Å². The molecule has 3 nitrogen and oxygen atoms in total. The maximum absolute atomic E-state index is 13.1. The van der Waals surface area contributed by atoms with E-state index < -0.39 is 0 Å². The van der Waals surface area contributed by atoms with Crippen molar-refractivity contribution in [2.45, 2.75) is 32.6 Å². The zero-order valence-electron chi connectivity index (χ0n) is 16.2. The number of aromatic nitrogens is 1. The summed E-state index contributed by atoms with van der Waals surface area (Å²) in [5, 5.41) is 0. The lowest BCUT2D eigenvalue weighted by molar-refractivity contribution is 0.305. The van der Waals surface area contributed by atoms with E-state index in [1.165, 1.54) is 19.3 Å². The second-order valence-corrected chi connectivity index (χ2v) is 6.88. The highest BCUT2D eigenvalue weighted by Gasteiger charge is 2.11. The molecule has 27 heavy (non-hydrogen) atoms. The second kappa shape index (κ2) is 9.22. The van der Waals surface area contributed by atoms with Gasteiger partial charge in [-0.15, -0.1) is 0 Å². The summed E-state index contributed by atoms with van der Waals surface area (Å²) in [5.41, 5.74) is 3.26. The first-order valence-corrected chi connectivity index (χ1v) is 9.68. The summed E-state index contributed by atoms with van der Waals surface area (Å²) in [6.45, 7) is 2.92. The monoisotopic (exact) mass is 361 g/mol. The number of unbranched alkanes of at least 4 members (excludes halogenated alkanes) is 3. The van der Waals surface area contributed by atoms with Gasteiger partial charge in [-0.05, 0) is 29.7 Å². The van der Waals surface area contributed by atoms with Crippen LogP contribution in [0.15, 0.2) is 71.8 Å². The Labute approximate surface area is 161 Å². The van der Waals surface area contributed by atoms with Gasteiger partial charge in [-0.3, -0.25) is 4.79 Å². The molecule has 0 aliphatic carbocycles. The van der Waals surface area contributed by atoms with Crippen molar-refractivity contribution in [3.63, 3.8) is 0 Å². The fourth-order valence-electron chi connectivity index (χ4n) is 3.21. The van der Waals surface area contributed by atoms with E-state index in [4.69, 9.17) is 4.74 Å². The third kappa shape index (κ3) is 4.88. The fraction of sp³-hybridized carbons (Fsp3) is 0.292. The number of rotatable bonds is 8. The zero-order chi connectivity index (χ0) is 19.1. The van der Waals surface area contributed by atoms with Crippen LogP contribution in [0, 0.1) is 0 Å². The standard InChI is InChI=1S/C24H27NO2/c1-3-4-5-9-15-27-21-14-10-13-20(16-21)23-18-25(2)17-22(24(23)26)19-11-7-6-8-12-19/h6-8,10-14,16-18H,3-5,9,15H2,1-2H3. The molecule has 140 valence electrons. The molecule has 0 spiro atoms. The van der Waals surface area contributed by atoms with E-state index in [-0.39, 0.29) is 5.43 Å². The predicted octanol–water partition coefficient (Wildman–Crippen LogP) is 5.68. The van der Waals surface area contributed by atoms with Gasteiger partial charge < -0.3 is 9.30 Å². The molecule has 0 radical (unpaired) electrons. The molecule has 0 saturated carbocycles. The molecule has 3 rings (SSSR count). The minimum Gasteiger partial charge on any atom is -0.494 e. The van der Waals surface area contributed by atoms with Gasteiger partial charge in [0.1, 0.15) is 5.75 Å². The van der Waals surface area contributed by atoms with E-state index in [9.17, 15) is 4.79 Å². The van der Waals surface area contributed by atoms with E-state index in [2.05, 4.69) is 6.92 Å². The molecule has 0 aliphatic heterocycles. The molecule has 0 bridgehead atoms. The Morgan fingerprint density at radius 2 is 1.56 bits per heavy atom. The lowest BCUT2D eigenvalue weighted by atomic mass is 10.0. The summed E-state index contributed by atoms with van der Waals surface area (Å²) in [7, 11) is 1.95. The van der Waals surface area contributed by atoms with Gasteiger partial charge in [0.2, 0.25) is 0 Å². The van der Waals surface area contributed by atoms with Crippen molar-refractivity contribution in [3.05, 3.63) is 77.2 Å². The van der Waals surface area contributed by atoms with Crippen LogP contribution >= 0.6 is 0 Å². The van der Waals surface area contributed by atoms with Gasteiger partial charge in [0.15, 0.2) is 5.43 Å². The molecular formula is C24H27NO2. The van der Waals surface area contributed by atoms with Crippen molar-refractivity contribution in [1.82, 2.24) is 4.57 Å². The molecule has 0 unspecified atom stereocenters. The molecule has 1 aromatic heterocycles. The lowest BCUT2D eigenvalue weighted by Gasteiger charge is -2.11. The smallest absolute Gasteiger partial charge is 0.197 e. The number of pyridine rings is 1.